The first-order chi connectivity index (χ1) is 3.80. The summed E-state index contributed by atoms with van der Waals surface area (Å²) in [5.74, 6) is 0. The van der Waals surface area contributed by atoms with E-state index in [2.05, 4.69) is 9.84 Å². The van der Waals surface area contributed by atoms with Gasteiger partial charge in [-0.15, -0.1) is 5.10 Å². The Labute approximate surface area is 45.2 Å². The van der Waals surface area contributed by atoms with Gasteiger partial charge in [0.2, 0.25) is 0 Å². The molecule has 0 fully saturated rings. The lowest BCUT2D eigenvalue weighted by atomic mass is 11.0. The molecule has 1 aliphatic heterocycles. The van der Waals surface area contributed by atoms with E-state index in [1.165, 1.54) is 0 Å². The Morgan fingerprint density at radius 2 is 2.75 bits per heavy atom. The first kappa shape index (κ1) is 4.89. The Balaban J connectivity index is 2.48. The van der Waals surface area contributed by atoms with Gasteiger partial charge in [0.05, 0.1) is 0 Å². The number of amides is 1. The minimum atomic E-state index is -1.10. The van der Waals surface area contributed by atoms with E-state index in [0.29, 0.717) is 0 Å². The predicted octanol–water partition coefficient (Wildman–Crippen LogP) is -0.103. The van der Waals surface area contributed by atoms with E-state index >= 15 is 0 Å². The maximum absolute atomic E-state index is 9.93. The van der Waals surface area contributed by atoms with Crippen LogP contribution in [0.1, 0.15) is 0 Å². The molecule has 0 spiro atoms. The molecule has 1 N–H and O–H groups in total. The summed E-state index contributed by atoms with van der Waals surface area (Å²) >= 11 is 0. The molecule has 0 aromatic rings. The van der Waals surface area contributed by atoms with Crippen LogP contribution >= 0.6 is 0 Å². The third-order valence-electron chi connectivity index (χ3n) is 0.679. The van der Waals surface area contributed by atoms with Crippen LogP contribution in [-0.2, 0) is 4.74 Å². The molecule has 1 amide bonds. The van der Waals surface area contributed by atoms with Crippen LogP contribution in [0.3, 0.4) is 0 Å². The van der Waals surface area contributed by atoms with Crippen LogP contribution in [0, 0.1) is 0 Å². The average molecular weight is 116 g/mol. The van der Waals surface area contributed by atoms with E-state index in [1.54, 1.807) is 0 Å². The Kier molecular flexibility index (Phi) is 1.03. The van der Waals surface area contributed by atoms with Crippen LogP contribution in [-0.4, -0.2) is 29.3 Å². The standard InChI is InChI=1S/C3H4N2O3/c6-3(7)5-2-8-1-4-5/h1H,2H2,(H,6,7). The molecule has 0 bridgehead atoms. The lowest BCUT2D eigenvalue weighted by molar-refractivity contribution is 0.121. The Hall–Kier alpha value is -1.26. The van der Waals surface area contributed by atoms with E-state index in [1.807, 2.05) is 0 Å². The molecular weight excluding hydrogens is 112 g/mol. The van der Waals surface area contributed by atoms with Crippen LogP contribution in [0.4, 0.5) is 4.79 Å². The van der Waals surface area contributed by atoms with E-state index in [4.69, 9.17) is 5.11 Å². The summed E-state index contributed by atoms with van der Waals surface area (Å²) in [4.78, 5) is 9.93. The summed E-state index contributed by atoms with van der Waals surface area (Å²) in [7, 11) is 0. The van der Waals surface area contributed by atoms with Crippen molar-refractivity contribution in [2.75, 3.05) is 6.73 Å². The SMILES string of the molecule is O=C(O)N1COC=N1. The average Bonchev–Trinajstić information content (AvgIpc) is 2.12. The van der Waals surface area contributed by atoms with Crippen molar-refractivity contribution >= 4 is 12.5 Å². The van der Waals surface area contributed by atoms with Crippen molar-refractivity contribution in [3.8, 4) is 0 Å². The minimum absolute atomic E-state index is 0.00926. The predicted molar refractivity (Wildman–Crippen MR) is 24.3 cm³/mol. The molecule has 5 nitrogen and oxygen atoms in total. The molecule has 0 unspecified atom stereocenters. The number of carboxylic acid groups (broad SMARTS) is 1. The number of hydrogen-bond donors (Lipinski definition) is 1. The van der Waals surface area contributed by atoms with E-state index in [-0.39, 0.29) is 6.73 Å². The lowest BCUT2D eigenvalue weighted by Crippen LogP contribution is -2.21. The highest BCUT2D eigenvalue weighted by molar-refractivity contribution is 5.67. The third-order valence-corrected chi connectivity index (χ3v) is 0.679. The van der Waals surface area contributed by atoms with E-state index in [9.17, 15) is 4.79 Å². The molecule has 0 radical (unpaired) electrons. The summed E-state index contributed by atoms with van der Waals surface area (Å²) in [5, 5.41) is 12.3. The highest BCUT2D eigenvalue weighted by Gasteiger charge is 2.12. The zero-order valence-electron chi connectivity index (χ0n) is 3.94. The number of ether oxygens (including phenoxy) is 1. The van der Waals surface area contributed by atoms with Crippen LogP contribution < -0.4 is 0 Å². The molecular formula is C3H4N2O3. The van der Waals surface area contributed by atoms with E-state index in [0.717, 1.165) is 11.4 Å². The van der Waals surface area contributed by atoms with Gasteiger partial charge in [0.15, 0.2) is 13.1 Å². The Bertz CT molecular complexity index is 132. The van der Waals surface area contributed by atoms with Gasteiger partial charge in [0, 0.05) is 0 Å². The van der Waals surface area contributed by atoms with Gasteiger partial charge < -0.3 is 9.84 Å². The van der Waals surface area contributed by atoms with Crippen molar-refractivity contribution in [3.05, 3.63) is 0 Å². The molecule has 1 aliphatic rings. The largest absolute Gasteiger partial charge is 0.464 e. The van der Waals surface area contributed by atoms with Gasteiger partial charge >= 0.3 is 6.09 Å². The summed E-state index contributed by atoms with van der Waals surface area (Å²) in [6.45, 7) is 0.00926. The number of hydrazone groups is 1. The van der Waals surface area contributed by atoms with Crippen molar-refractivity contribution in [1.82, 2.24) is 5.01 Å². The second kappa shape index (κ2) is 1.69. The van der Waals surface area contributed by atoms with Crippen molar-refractivity contribution in [2.45, 2.75) is 0 Å². The number of hydrogen-bond acceptors (Lipinski definition) is 3. The fourth-order valence-electron chi connectivity index (χ4n) is 0.332. The van der Waals surface area contributed by atoms with Gasteiger partial charge in [0.1, 0.15) is 0 Å². The van der Waals surface area contributed by atoms with Crippen LogP contribution in [0.15, 0.2) is 5.10 Å². The highest BCUT2D eigenvalue weighted by Crippen LogP contribution is 1.95. The van der Waals surface area contributed by atoms with Crippen LogP contribution in [0.2, 0.25) is 0 Å². The molecule has 0 aromatic carbocycles. The number of rotatable bonds is 0. The fraction of sp³-hybridized carbons (Fsp3) is 0.333. The van der Waals surface area contributed by atoms with Crippen molar-refractivity contribution in [2.24, 2.45) is 5.10 Å². The normalized spacial score (nSPS) is 16.2. The first-order valence-corrected chi connectivity index (χ1v) is 1.95. The zero-order valence-corrected chi connectivity index (χ0v) is 3.94. The van der Waals surface area contributed by atoms with Gasteiger partial charge in [-0.3, -0.25) is 0 Å². The molecule has 8 heavy (non-hydrogen) atoms. The van der Waals surface area contributed by atoms with E-state index < -0.39 is 6.09 Å². The van der Waals surface area contributed by atoms with Gasteiger partial charge in [-0.05, 0) is 0 Å². The zero-order chi connectivity index (χ0) is 5.98. The van der Waals surface area contributed by atoms with Gasteiger partial charge in [-0.2, -0.15) is 5.01 Å². The second-order valence-corrected chi connectivity index (χ2v) is 1.20. The number of carbonyl (C=O) groups is 1. The molecule has 0 aromatic heterocycles. The third kappa shape index (κ3) is 0.699. The quantitative estimate of drug-likeness (QED) is 0.480. The summed E-state index contributed by atoms with van der Waals surface area (Å²) < 4.78 is 4.47. The first-order valence-electron chi connectivity index (χ1n) is 1.95. The highest BCUT2D eigenvalue weighted by atomic mass is 16.5. The maximum Gasteiger partial charge on any atom is 0.431 e. The molecule has 5 heteroatoms. The summed E-state index contributed by atoms with van der Waals surface area (Å²) in [5.41, 5.74) is 0. The molecule has 1 rings (SSSR count). The maximum atomic E-state index is 9.93. The van der Waals surface area contributed by atoms with Crippen LogP contribution in [0.25, 0.3) is 0 Å². The summed E-state index contributed by atoms with van der Waals surface area (Å²) in [6, 6.07) is 0. The van der Waals surface area contributed by atoms with Gasteiger partial charge in [-0.25, -0.2) is 4.79 Å². The second-order valence-electron chi connectivity index (χ2n) is 1.20. The van der Waals surface area contributed by atoms with Crippen LogP contribution in [0.5, 0.6) is 0 Å². The van der Waals surface area contributed by atoms with Crippen molar-refractivity contribution < 1.29 is 14.6 Å². The Morgan fingerprint density at radius 1 is 2.00 bits per heavy atom. The molecule has 0 aliphatic carbocycles. The topological polar surface area (TPSA) is 62.1 Å². The number of nitrogens with zero attached hydrogens (tertiary/aromatic N) is 2. The molecule has 0 atom stereocenters. The molecule has 1 heterocycles. The molecule has 0 saturated carbocycles. The van der Waals surface area contributed by atoms with Crippen molar-refractivity contribution in [3.63, 3.8) is 0 Å². The fourth-order valence-corrected chi connectivity index (χ4v) is 0.332. The van der Waals surface area contributed by atoms with Crippen molar-refractivity contribution in [1.29, 1.82) is 0 Å². The Morgan fingerprint density at radius 3 is 3.00 bits per heavy atom. The smallest absolute Gasteiger partial charge is 0.431 e. The molecule has 0 saturated heterocycles. The lowest BCUT2D eigenvalue weighted by Gasteiger charge is -2.00. The summed E-state index contributed by atoms with van der Waals surface area (Å²) in [6.07, 6.45) is -0.00699. The van der Waals surface area contributed by atoms with Gasteiger partial charge in [0.25, 0.3) is 0 Å². The minimum Gasteiger partial charge on any atom is -0.464 e. The van der Waals surface area contributed by atoms with Gasteiger partial charge in [-0.1, -0.05) is 0 Å². The molecule has 44 valence electrons. The monoisotopic (exact) mass is 116 g/mol.